The molecule has 0 spiro atoms. The zero-order valence-electron chi connectivity index (χ0n) is 28.9. The second kappa shape index (κ2) is 12.4. The molecule has 1 aliphatic rings. The van der Waals surface area contributed by atoms with Gasteiger partial charge in [0.2, 0.25) is 0 Å². The summed E-state index contributed by atoms with van der Waals surface area (Å²) in [6.45, 7) is 4.48. The van der Waals surface area contributed by atoms with Crippen LogP contribution >= 0.6 is 0 Å². The van der Waals surface area contributed by atoms with Crippen molar-refractivity contribution in [2.24, 2.45) is 0 Å². The minimum absolute atomic E-state index is 0.168. The van der Waals surface area contributed by atoms with Crippen LogP contribution in [0.25, 0.3) is 86.3 Å². The third kappa shape index (κ3) is 4.83. The average Bonchev–Trinajstić information content (AvgIpc) is 3.77. The van der Waals surface area contributed by atoms with Crippen LogP contribution in [0.4, 0.5) is 0 Å². The molecule has 0 atom stereocenters. The quantitative estimate of drug-likeness (QED) is 0.166. The van der Waals surface area contributed by atoms with E-state index in [9.17, 15) is 0 Å². The Morgan fingerprint density at radius 2 is 1.13 bits per heavy atom. The van der Waals surface area contributed by atoms with E-state index >= 15 is 0 Å². The summed E-state index contributed by atoms with van der Waals surface area (Å²) in [6.07, 6.45) is 0.856. The molecule has 0 amide bonds. The molecule has 2 aromatic heterocycles. The molecule has 9 aromatic rings. The van der Waals surface area contributed by atoms with Crippen LogP contribution in [0.2, 0.25) is 0 Å². The Balaban J connectivity index is 1.39. The van der Waals surface area contributed by atoms with Gasteiger partial charge in [-0.2, -0.15) is 0 Å². The monoisotopic (exact) mass is 731 g/mol. The Bertz CT molecular complexity index is 2840. The fourth-order valence-corrected chi connectivity index (χ4v) is 10.6. The summed E-state index contributed by atoms with van der Waals surface area (Å²) >= 11 is 0.168. The topological polar surface area (TPSA) is 38.7 Å². The van der Waals surface area contributed by atoms with Gasteiger partial charge in [0, 0.05) is 0 Å². The molecule has 0 unspecified atom stereocenters. The third-order valence-electron chi connectivity index (χ3n) is 10.8. The molecule has 246 valence electrons. The van der Waals surface area contributed by atoms with Gasteiger partial charge in [-0.3, -0.25) is 0 Å². The summed E-state index contributed by atoms with van der Waals surface area (Å²) in [4.78, 5) is 0. The third-order valence-corrected chi connectivity index (χ3v) is 13.2. The molecule has 10 rings (SSSR count). The van der Waals surface area contributed by atoms with E-state index in [-0.39, 0.29) is 14.5 Å². The van der Waals surface area contributed by atoms with Gasteiger partial charge >= 0.3 is 310 Å². The molecule has 0 bridgehead atoms. The fourth-order valence-electron chi connectivity index (χ4n) is 8.26. The number of rotatable bonds is 5. The predicted octanol–water partition coefficient (Wildman–Crippen LogP) is 11.8. The molecule has 3 nitrogen and oxygen atoms in total. The Kier molecular flexibility index (Phi) is 7.35. The molecule has 0 aliphatic heterocycles. The molecule has 0 N–H and O–H groups in total. The zero-order chi connectivity index (χ0) is 34.8. The first-order chi connectivity index (χ1) is 25.7. The van der Waals surface area contributed by atoms with Crippen molar-refractivity contribution in [3.63, 3.8) is 0 Å². The number of hydrogen-bond acceptors (Lipinski definition) is 3. The Morgan fingerprint density at radius 3 is 1.94 bits per heavy atom. The van der Waals surface area contributed by atoms with Crippen molar-refractivity contribution in [3.05, 3.63) is 174 Å². The van der Waals surface area contributed by atoms with Crippen LogP contribution in [0.5, 0.6) is 0 Å². The van der Waals surface area contributed by atoms with Gasteiger partial charge in [-0.25, -0.2) is 0 Å². The molecular formula is C48H33N3Se. The second-order valence-corrected chi connectivity index (χ2v) is 15.9. The van der Waals surface area contributed by atoms with Gasteiger partial charge in [-0.05, 0) is 0 Å². The SMILES string of the molecule is Cc1cc2c(c(-c3nnnc(-c4ccccc4)c3-c3c(-c4ccccc4-c4ccccc4)ccc4[se]c5ccccc5c34)c1C)Cc1ccccc1-2. The van der Waals surface area contributed by atoms with Gasteiger partial charge in [-0.15, -0.1) is 0 Å². The first kappa shape index (κ1) is 30.9. The van der Waals surface area contributed by atoms with Crippen molar-refractivity contribution in [1.82, 2.24) is 15.4 Å². The number of hydrogen-bond donors (Lipinski definition) is 0. The molecule has 2 heterocycles. The van der Waals surface area contributed by atoms with Gasteiger partial charge in [0.05, 0.1) is 0 Å². The molecule has 0 saturated carbocycles. The van der Waals surface area contributed by atoms with Crippen LogP contribution in [0.15, 0.2) is 152 Å². The van der Waals surface area contributed by atoms with E-state index in [0.29, 0.717) is 0 Å². The first-order valence-corrected chi connectivity index (χ1v) is 19.5. The Labute approximate surface area is 309 Å². The normalized spacial score (nSPS) is 12.0. The van der Waals surface area contributed by atoms with Gasteiger partial charge < -0.3 is 0 Å². The number of aryl methyl sites for hydroxylation is 1. The van der Waals surface area contributed by atoms with E-state index in [1.807, 2.05) is 0 Å². The molecular weight excluding hydrogens is 698 g/mol. The first-order valence-electron chi connectivity index (χ1n) is 17.8. The summed E-state index contributed by atoms with van der Waals surface area (Å²) < 4.78 is 2.78. The van der Waals surface area contributed by atoms with Gasteiger partial charge in [0.25, 0.3) is 0 Å². The summed E-state index contributed by atoms with van der Waals surface area (Å²) in [5.74, 6) is 0. The van der Waals surface area contributed by atoms with Crippen molar-refractivity contribution in [2.45, 2.75) is 20.3 Å². The van der Waals surface area contributed by atoms with E-state index < -0.39 is 0 Å². The van der Waals surface area contributed by atoms with Crippen molar-refractivity contribution in [1.29, 1.82) is 0 Å². The molecule has 7 aromatic carbocycles. The van der Waals surface area contributed by atoms with Crippen LogP contribution in [0, 0.1) is 13.8 Å². The standard InChI is InChI=1S/C48H33N3Se/c1-29-27-39-35-21-10-9-19-33(35)28-40(39)43(30(29)2)48-46(47(49-51-50-48)32-17-7-4-8-18-32)45-37(25-26-42-44(45)38-23-13-14-24-41(38)52-42)36-22-12-11-20-34(36)31-15-5-3-6-16-31/h3-27H,28H2,1-2H3. The number of fused-ring (bicyclic) bond motifs is 6. The molecule has 0 saturated heterocycles. The molecule has 1 aliphatic carbocycles. The Hall–Kier alpha value is -5.93. The number of nitrogens with zero attached hydrogens (tertiary/aromatic N) is 3. The van der Waals surface area contributed by atoms with E-state index in [1.54, 1.807) is 0 Å². The van der Waals surface area contributed by atoms with E-state index in [4.69, 9.17) is 10.2 Å². The van der Waals surface area contributed by atoms with Crippen molar-refractivity contribution in [3.8, 4) is 67.0 Å². The predicted molar refractivity (Wildman–Crippen MR) is 217 cm³/mol. The van der Waals surface area contributed by atoms with Gasteiger partial charge in [0.1, 0.15) is 0 Å². The fraction of sp³-hybridized carbons (Fsp3) is 0.0625. The number of benzene rings is 7. The summed E-state index contributed by atoms with van der Waals surface area (Å²) in [5, 5.41) is 17.2. The minimum atomic E-state index is 0.168. The summed E-state index contributed by atoms with van der Waals surface area (Å²) in [7, 11) is 0. The van der Waals surface area contributed by atoms with Crippen LogP contribution in [0.1, 0.15) is 22.3 Å². The van der Waals surface area contributed by atoms with E-state index in [2.05, 4.69) is 171 Å². The van der Waals surface area contributed by atoms with E-state index in [1.165, 1.54) is 86.1 Å². The number of aromatic nitrogens is 3. The molecule has 0 radical (unpaired) electrons. The maximum atomic E-state index is 5.09. The van der Waals surface area contributed by atoms with Crippen LogP contribution in [0.3, 0.4) is 0 Å². The molecule has 0 fully saturated rings. The van der Waals surface area contributed by atoms with Crippen LogP contribution < -0.4 is 0 Å². The van der Waals surface area contributed by atoms with Crippen LogP contribution in [-0.4, -0.2) is 29.9 Å². The zero-order valence-corrected chi connectivity index (χ0v) is 30.6. The summed E-state index contributed by atoms with van der Waals surface area (Å²) in [6, 6.07) is 55.0. The second-order valence-electron chi connectivity index (χ2n) is 13.7. The van der Waals surface area contributed by atoms with Crippen molar-refractivity contribution in [2.75, 3.05) is 0 Å². The van der Waals surface area contributed by atoms with Gasteiger partial charge in [-0.1, -0.05) is 0 Å². The van der Waals surface area contributed by atoms with Gasteiger partial charge in [0.15, 0.2) is 0 Å². The van der Waals surface area contributed by atoms with Crippen molar-refractivity contribution < 1.29 is 0 Å². The van der Waals surface area contributed by atoms with Crippen LogP contribution in [-0.2, 0) is 6.42 Å². The Morgan fingerprint density at radius 1 is 0.481 bits per heavy atom. The molecule has 52 heavy (non-hydrogen) atoms. The van der Waals surface area contributed by atoms with E-state index in [0.717, 1.165) is 28.9 Å². The average molecular weight is 731 g/mol. The summed E-state index contributed by atoms with van der Waals surface area (Å²) in [5.41, 5.74) is 18.6. The van der Waals surface area contributed by atoms with Crippen molar-refractivity contribution >= 4 is 33.8 Å². The maximum absolute atomic E-state index is 5.09. The molecule has 4 heteroatoms.